The van der Waals surface area contributed by atoms with Gasteiger partial charge in [0.2, 0.25) is 10.0 Å². The van der Waals surface area contributed by atoms with Crippen LogP contribution in [0.25, 0.3) is 0 Å². The Morgan fingerprint density at radius 3 is 2.00 bits per heavy atom. The molecule has 8 nitrogen and oxygen atoms in total. The Hall–Kier alpha value is -1.52. The number of carbonyl (C=O) groups excluding carboxylic acids is 2. The van der Waals surface area contributed by atoms with Crippen LogP contribution in [0.2, 0.25) is 0 Å². The molecule has 1 heterocycles. The van der Waals surface area contributed by atoms with Crippen molar-refractivity contribution in [1.82, 2.24) is 5.32 Å². The number of carbonyl (C=O) groups is 2. The molecule has 1 rings (SSSR count). The van der Waals surface area contributed by atoms with Gasteiger partial charge in [0.05, 0.1) is 13.2 Å². The standard InChI is InChI=1S/C11H16N2O6S2/c1-4-18-9(14)7(10(15)19-5-2)8-13-6(3)11(20-8)21(12,16)17/h13H,4-5H2,1-3H3,(H2,12,16,17). The maximum absolute atomic E-state index is 11.9. The number of primary sulfonamides is 1. The summed E-state index contributed by atoms with van der Waals surface area (Å²) in [4.78, 5) is 23.8. The van der Waals surface area contributed by atoms with Crippen LogP contribution in [0, 0.1) is 0 Å². The van der Waals surface area contributed by atoms with Gasteiger partial charge in [0, 0.05) is 5.70 Å². The summed E-state index contributed by atoms with van der Waals surface area (Å²) in [5.74, 6) is -1.79. The van der Waals surface area contributed by atoms with E-state index < -0.39 is 22.0 Å². The van der Waals surface area contributed by atoms with Crippen LogP contribution in [0.5, 0.6) is 0 Å². The highest BCUT2D eigenvalue weighted by molar-refractivity contribution is 8.20. The topological polar surface area (TPSA) is 125 Å². The highest BCUT2D eigenvalue weighted by Crippen LogP contribution is 2.37. The Balaban J connectivity index is 3.22. The van der Waals surface area contributed by atoms with Gasteiger partial charge in [0.1, 0.15) is 9.27 Å². The van der Waals surface area contributed by atoms with Gasteiger partial charge in [-0.15, -0.1) is 0 Å². The fraction of sp³-hybridized carbons (Fsp3) is 0.455. The molecule has 0 saturated heterocycles. The average molecular weight is 336 g/mol. The van der Waals surface area contributed by atoms with Crippen LogP contribution in [-0.4, -0.2) is 33.6 Å². The van der Waals surface area contributed by atoms with Crippen molar-refractivity contribution >= 4 is 33.7 Å². The molecule has 21 heavy (non-hydrogen) atoms. The molecule has 0 aromatic rings. The number of thioether (sulfide) groups is 1. The fourth-order valence-electron chi connectivity index (χ4n) is 1.48. The van der Waals surface area contributed by atoms with Gasteiger partial charge in [-0.3, -0.25) is 0 Å². The molecule has 0 aromatic carbocycles. The molecule has 0 unspecified atom stereocenters. The number of nitrogens with one attached hydrogen (secondary N) is 1. The maximum Gasteiger partial charge on any atom is 0.348 e. The maximum atomic E-state index is 11.9. The van der Waals surface area contributed by atoms with Crippen LogP contribution < -0.4 is 10.5 Å². The van der Waals surface area contributed by atoms with Crippen LogP contribution >= 0.6 is 11.8 Å². The lowest BCUT2D eigenvalue weighted by Gasteiger charge is -2.09. The fourth-order valence-corrected chi connectivity index (χ4v) is 3.53. The first-order valence-corrected chi connectivity index (χ1v) is 8.35. The van der Waals surface area contributed by atoms with Gasteiger partial charge < -0.3 is 14.8 Å². The second-order valence-corrected chi connectivity index (χ2v) is 6.61. The number of ether oxygens (including phenoxy) is 2. The molecule has 0 radical (unpaired) electrons. The molecule has 118 valence electrons. The van der Waals surface area contributed by atoms with Crippen LogP contribution in [0.3, 0.4) is 0 Å². The van der Waals surface area contributed by atoms with E-state index in [9.17, 15) is 18.0 Å². The summed E-state index contributed by atoms with van der Waals surface area (Å²) >= 11 is 0.676. The minimum absolute atomic E-state index is 0.0217. The van der Waals surface area contributed by atoms with Crippen molar-refractivity contribution in [3.05, 3.63) is 20.5 Å². The highest BCUT2D eigenvalue weighted by Gasteiger charge is 2.33. The normalized spacial score (nSPS) is 14.8. The average Bonchev–Trinajstić information content (AvgIpc) is 2.71. The van der Waals surface area contributed by atoms with Crippen molar-refractivity contribution in [1.29, 1.82) is 0 Å². The van der Waals surface area contributed by atoms with Crippen molar-refractivity contribution in [2.75, 3.05) is 13.2 Å². The summed E-state index contributed by atoms with van der Waals surface area (Å²) in [6, 6.07) is 0. The Morgan fingerprint density at radius 1 is 1.19 bits per heavy atom. The van der Waals surface area contributed by atoms with E-state index in [4.69, 9.17) is 14.6 Å². The van der Waals surface area contributed by atoms with E-state index in [1.54, 1.807) is 13.8 Å². The number of rotatable bonds is 5. The third-order valence-corrected chi connectivity index (χ3v) is 5.02. The SMILES string of the molecule is CCOC(=O)C(C(=O)OCC)=C1NC(C)=C(S(N)(=O)=O)S1. The molecule has 0 aliphatic carbocycles. The number of nitrogens with two attached hydrogens (primary N) is 1. The molecule has 0 spiro atoms. The third kappa shape index (κ3) is 4.22. The van der Waals surface area contributed by atoms with Crippen LogP contribution in [0.15, 0.2) is 20.5 Å². The van der Waals surface area contributed by atoms with E-state index in [-0.39, 0.29) is 33.8 Å². The van der Waals surface area contributed by atoms with E-state index in [1.807, 2.05) is 0 Å². The Bertz CT molecular complexity index is 601. The predicted octanol–water partition coefficient (Wildman–Crippen LogP) is 0.138. The minimum atomic E-state index is -3.95. The van der Waals surface area contributed by atoms with Crippen molar-refractivity contribution in [2.24, 2.45) is 5.14 Å². The molecule has 1 aliphatic rings. The van der Waals surface area contributed by atoms with Crippen molar-refractivity contribution in [2.45, 2.75) is 20.8 Å². The highest BCUT2D eigenvalue weighted by atomic mass is 32.3. The van der Waals surface area contributed by atoms with E-state index in [0.29, 0.717) is 11.8 Å². The largest absolute Gasteiger partial charge is 0.462 e. The lowest BCUT2D eigenvalue weighted by Crippen LogP contribution is -2.22. The van der Waals surface area contributed by atoms with Gasteiger partial charge in [-0.2, -0.15) is 0 Å². The van der Waals surface area contributed by atoms with Gasteiger partial charge >= 0.3 is 11.9 Å². The number of sulfonamides is 1. The number of esters is 2. The van der Waals surface area contributed by atoms with Crippen molar-refractivity contribution in [3.8, 4) is 0 Å². The lowest BCUT2D eigenvalue weighted by molar-refractivity contribution is -0.146. The van der Waals surface area contributed by atoms with E-state index in [0.717, 1.165) is 0 Å². The smallest absolute Gasteiger partial charge is 0.348 e. The van der Waals surface area contributed by atoms with Gasteiger partial charge in [-0.25, -0.2) is 23.1 Å². The van der Waals surface area contributed by atoms with Gasteiger partial charge in [-0.05, 0) is 20.8 Å². The van der Waals surface area contributed by atoms with E-state index in [2.05, 4.69) is 5.32 Å². The van der Waals surface area contributed by atoms with Gasteiger partial charge in [0.25, 0.3) is 0 Å². The molecule has 0 fully saturated rings. The van der Waals surface area contributed by atoms with Gasteiger partial charge in [0.15, 0.2) is 5.57 Å². The second-order valence-electron chi connectivity index (χ2n) is 3.83. The molecule has 0 bridgehead atoms. The summed E-state index contributed by atoms with van der Waals surface area (Å²) in [7, 11) is -3.95. The van der Waals surface area contributed by atoms with E-state index in [1.165, 1.54) is 6.92 Å². The Morgan fingerprint density at radius 2 is 1.67 bits per heavy atom. The molecule has 0 aromatic heterocycles. The van der Waals surface area contributed by atoms with Crippen LogP contribution in [0.4, 0.5) is 0 Å². The third-order valence-electron chi connectivity index (χ3n) is 2.25. The Labute approximate surface area is 126 Å². The summed E-state index contributed by atoms with van der Waals surface area (Å²) in [6.45, 7) is 4.76. The van der Waals surface area contributed by atoms with Crippen LogP contribution in [0.1, 0.15) is 20.8 Å². The summed E-state index contributed by atoms with van der Waals surface area (Å²) in [6.07, 6.45) is 0. The zero-order valence-electron chi connectivity index (χ0n) is 11.8. The molecule has 0 amide bonds. The molecule has 0 atom stereocenters. The second kappa shape index (κ2) is 6.96. The van der Waals surface area contributed by atoms with Crippen molar-refractivity contribution in [3.63, 3.8) is 0 Å². The zero-order chi connectivity index (χ0) is 16.2. The predicted molar refractivity (Wildman–Crippen MR) is 76.8 cm³/mol. The van der Waals surface area contributed by atoms with Gasteiger partial charge in [-0.1, -0.05) is 11.8 Å². The number of allylic oxidation sites excluding steroid dienone is 1. The molecule has 1 aliphatic heterocycles. The lowest BCUT2D eigenvalue weighted by atomic mass is 10.3. The van der Waals surface area contributed by atoms with Crippen LogP contribution in [-0.2, 0) is 29.1 Å². The monoisotopic (exact) mass is 336 g/mol. The summed E-state index contributed by atoms with van der Waals surface area (Å²) in [5.41, 5.74) is -0.162. The molecule has 0 saturated carbocycles. The summed E-state index contributed by atoms with van der Waals surface area (Å²) in [5, 5.41) is 7.73. The first-order chi connectivity index (χ1) is 9.72. The quantitative estimate of drug-likeness (QED) is 0.314. The molecular formula is C11H16N2O6S2. The minimum Gasteiger partial charge on any atom is -0.462 e. The molecule has 3 N–H and O–H groups in total. The zero-order valence-corrected chi connectivity index (χ0v) is 13.4. The first kappa shape index (κ1) is 17.5. The summed E-state index contributed by atoms with van der Waals surface area (Å²) < 4.78 is 32.2. The van der Waals surface area contributed by atoms with Crippen molar-refractivity contribution < 1.29 is 27.5 Å². The first-order valence-electron chi connectivity index (χ1n) is 5.99. The van der Waals surface area contributed by atoms with E-state index >= 15 is 0 Å². The number of hydrogen-bond donors (Lipinski definition) is 2. The number of hydrogen-bond acceptors (Lipinski definition) is 8. The molecule has 10 heteroatoms. The Kier molecular flexibility index (Phi) is 5.81. The molecular weight excluding hydrogens is 320 g/mol.